The molecule has 4 heterocycles. The second kappa shape index (κ2) is 27.2. The molecular weight excluding hydrogens is 941 g/mol. The number of hydrogen-bond acceptors (Lipinski definition) is 8. The quantitative estimate of drug-likeness (QED) is 0.230. The molecule has 4 atom stereocenters. The van der Waals surface area contributed by atoms with Gasteiger partial charge >= 0.3 is 68.2 Å². The van der Waals surface area contributed by atoms with Gasteiger partial charge in [-0.2, -0.15) is 11.8 Å². The topological polar surface area (TPSA) is 207 Å². The van der Waals surface area contributed by atoms with Gasteiger partial charge < -0.3 is 27.5 Å². The molecule has 42 heavy (non-hydrogen) atoms. The molecule has 0 aromatic carbocycles. The summed E-state index contributed by atoms with van der Waals surface area (Å²) in [6.45, 7) is 10.1. The molecule has 0 aliphatic carbocycles. The van der Waals surface area contributed by atoms with Crippen molar-refractivity contribution < 1.29 is 29.1 Å². The van der Waals surface area contributed by atoms with Gasteiger partial charge in [-0.1, -0.05) is 50.5 Å². The standard InChI is InChI=1S/C7H8N2O2S.C7H12N2OS.C6H10OS.CH4N2O.4CH4.I3.H2/c1-3-2-12-5-4(3)8-7(11)9-6(5)10;1-4-3-11-5(2)6(4)9-7(8)10;1-4-3-8-5(2)6(4)7;2-1(3)4;;;;;1-3-2;/h3H,2H2,1H3,(H2,8,9,10,11);4H,3H2,1-2H3,(H3,8,9,10);4-5H,3H2,1-2H3;(H4,2,3,4);4*1H4;;1H/q;;;;;;;;-1;/i;;;;;;;;;1+1. The van der Waals surface area contributed by atoms with E-state index in [1.165, 1.54) is 16.7 Å². The summed E-state index contributed by atoms with van der Waals surface area (Å²) in [6, 6.07) is -1.30. The van der Waals surface area contributed by atoms with Crippen molar-refractivity contribution >= 4 is 90.4 Å². The van der Waals surface area contributed by atoms with E-state index in [1.54, 1.807) is 23.5 Å². The molecule has 252 valence electrons. The number of rotatable bonds is 1. The number of hydrogen-bond donors (Lipinski definition) is 6. The number of Topliss-reactive ketones (excluding diaryl/α,β-unsaturated/α-hetero) is 1. The van der Waals surface area contributed by atoms with E-state index in [1.807, 2.05) is 27.7 Å². The minimum absolute atomic E-state index is 0. The van der Waals surface area contributed by atoms with Crippen molar-refractivity contribution in [2.45, 2.75) is 80.4 Å². The second-order valence-electron chi connectivity index (χ2n) is 8.27. The van der Waals surface area contributed by atoms with Crippen molar-refractivity contribution in [3.63, 3.8) is 0 Å². The van der Waals surface area contributed by atoms with Gasteiger partial charge in [-0.3, -0.25) is 14.6 Å². The molecule has 3 aliphatic heterocycles. The van der Waals surface area contributed by atoms with E-state index in [0.29, 0.717) is 35.8 Å². The number of allylic oxidation sites excluding steroid dienone is 2. The molecule has 11 nitrogen and oxygen atoms in total. The molecule has 0 spiro atoms. The zero-order chi connectivity index (χ0) is 29.6. The van der Waals surface area contributed by atoms with E-state index in [2.05, 4.69) is 70.9 Å². The molecule has 3 aliphatic rings. The number of ketones is 1. The summed E-state index contributed by atoms with van der Waals surface area (Å²) in [4.78, 5) is 59.2. The van der Waals surface area contributed by atoms with Crippen LogP contribution in [0.2, 0.25) is 0 Å². The molecular formula is C25H52I3N6O5S3-. The predicted molar refractivity (Wildman–Crippen MR) is 201 cm³/mol. The summed E-state index contributed by atoms with van der Waals surface area (Å²) in [7, 11) is 0. The van der Waals surface area contributed by atoms with E-state index in [9.17, 15) is 19.2 Å². The van der Waals surface area contributed by atoms with Gasteiger partial charge in [0.1, 0.15) is 5.78 Å². The van der Waals surface area contributed by atoms with Crippen LogP contribution in [-0.2, 0) is 4.79 Å². The Kier molecular flexibility index (Phi) is 33.3. The van der Waals surface area contributed by atoms with Crippen molar-refractivity contribution in [2.75, 3.05) is 17.3 Å². The number of aromatic nitrogens is 2. The summed E-state index contributed by atoms with van der Waals surface area (Å²) in [5, 5.41) is 2.91. The number of amides is 4. The first-order valence-corrected chi connectivity index (χ1v) is 26.7. The second-order valence-corrected chi connectivity index (χ2v) is 28.2. The molecule has 4 amide bonds. The maximum atomic E-state index is 11.2. The SMILES string of the molecule is C.C.C.C.CC1=C(NC(N)=O)C(C)CS1.CC1CSC(C)C1=O.CC1CSc2c1[nH]c(=O)[nH]c2=O.I[I-]I.NC(N)=O.[2HH]. The third-order valence-electron chi connectivity index (χ3n) is 5.06. The third kappa shape index (κ3) is 20.0. The smallest absolute Gasteiger partial charge is 0.309 e. The molecule has 1 aromatic heterocycles. The van der Waals surface area contributed by atoms with Crippen LogP contribution in [-0.4, -0.2) is 50.3 Å². The Bertz CT molecular complexity index is 1100. The molecule has 1 fully saturated rings. The number of halogens is 3. The van der Waals surface area contributed by atoms with Gasteiger partial charge in [0, 0.05) is 52.7 Å². The summed E-state index contributed by atoms with van der Waals surface area (Å²) in [5.74, 6) is 4.39. The fraction of sp³-hybridized carbons (Fsp3) is 0.640. The average Bonchev–Trinajstić information content (AvgIpc) is 3.43. The van der Waals surface area contributed by atoms with Crippen LogP contribution >= 0.6 is 72.5 Å². The zero-order valence-electron chi connectivity index (χ0n) is 21.6. The van der Waals surface area contributed by atoms with Crippen LogP contribution < -0.4 is 47.0 Å². The maximum absolute atomic E-state index is 11.2. The first kappa shape index (κ1) is 51.4. The number of primary amides is 3. The van der Waals surface area contributed by atoms with Crippen LogP contribution in [0.25, 0.3) is 0 Å². The van der Waals surface area contributed by atoms with Crippen LogP contribution in [0.1, 0.15) is 77.4 Å². The van der Waals surface area contributed by atoms with E-state index in [-0.39, 0.29) is 47.9 Å². The number of H-pyrrole nitrogens is 2. The third-order valence-corrected chi connectivity index (χ3v) is 9.16. The first-order valence-electron chi connectivity index (χ1n) is 11.1. The van der Waals surface area contributed by atoms with E-state index >= 15 is 0 Å². The van der Waals surface area contributed by atoms with Crippen LogP contribution in [0, 0.1) is 11.8 Å². The zero-order valence-corrected chi connectivity index (χ0v) is 30.5. The van der Waals surface area contributed by atoms with Crippen LogP contribution in [0.15, 0.2) is 25.1 Å². The first-order chi connectivity index (χ1) is 17.7. The summed E-state index contributed by atoms with van der Waals surface area (Å²) in [5.41, 5.74) is 14.6. The molecule has 4 unspecified atom stereocenters. The maximum Gasteiger partial charge on any atom is 0.309 e. The van der Waals surface area contributed by atoms with Crippen LogP contribution in [0.5, 0.6) is 0 Å². The molecule has 17 heteroatoms. The summed E-state index contributed by atoms with van der Waals surface area (Å²) in [6.07, 6.45) is 0. The minimum Gasteiger partial charge on any atom is -0.352 e. The van der Waals surface area contributed by atoms with Gasteiger partial charge in [0.15, 0.2) is 0 Å². The molecule has 9 N–H and O–H groups in total. The molecule has 4 rings (SSSR count). The van der Waals surface area contributed by atoms with Gasteiger partial charge in [0.05, 0.1) is 10.1 Å². The Morgan fingerprint density at radius 2 is 1.36 bits per heavy atom. The number of urea groups is 2. The molecule has 0 bridgehead atoms. The number of thioether (sulfide) groups is 3. The van der Waals surface area contributed by atoms with Gasteiger partial charge in [-0.25, -0.2) is 14.4 Å². The van der Waals surface area contributed by atoms with Crippen molar-refractivity contribution in [3.8, 4) is 0 Å². The minimum atomic E-state index is -0.833. The van der Waals surface area contributed by atoms with E-state index in [0.717, 1.165) is 28.6 Å². The number of fused-ring (bicyclic) bond motifs is 1. The Labute approximate surface area is 295 Å². The molecule has 1 aromatic rings. The van der Waals surface area contributed by atoms with Gasteiger partial charge in [0.2, 0.25) is 0 Å². The van der Waals surface area contributed by atoms with Crippen molar-refractivity contribution in [3.05, 3.63) is 37.1 Å². The predicted octanol–water partition coefficient (Wildman–Crippen LogP) is 3.46. The molecule has 0 saturated carbocycles. The van der Waals surface area contributed by atoms with E-state index < -0.39 is 17.8 Å². The van der Waals surface area contributed by atoms with Gasteiger partial charge in [0.25, 0.3) is 5.56 Å². The Hall–Kier alpha value is -0.130. The fourth-order valence-corrected chi connectivity index (χ4v) is 6.62. The fourth-order valence-electron chi connectivity index (χ4n) is 3.23. The van der Waals surface area contributed by atoms with Crippen LogP contribution in [0.4, 0.5) is 9.59 Å². The van der Waals surface area contributed by atoms with Crippen LogP contribution in [0.3, 0.4) is 0 Å². The van der Waals surface area contributed by atoms with Crippen molar-refractivity contribution in [1.82, 2.24) is 15.3 Å². The Balaban J connectivity index is -0.000000103. The largest absolute Gasteiger partial charge is 0.352 e. The van der Waals surface area contributed by atoms with Crippen molar-refractivity contribution in [1.29, 1.82) is 0 Å². The Morgan fingerprint density at radius 1 is 0.881 bits per heavy atom. The number of carbonyl (C=O) groups excluding carboxylic acids is 3. The van der Waals surface area contributed by atoms with Gasteiger partial charge in [-0.05, 0) is 13.8 Å². The van der Waals surface area contributed by atoms with Crippen molar-refractivity contribution in [2.24, 2.45) is 29.0 Å². The summed E-state index contributed by atoms with van der Waals surface area (Å²) >= 11 is 10.3. The Morgan fingerprint density at radius 3 is 1.69 bits per heavy atom. The van der Waals surface area contributed by atoms with Gasteiger partial charge in [-0.15, -0.1) is 23.5 Å². The average molecular weight is 995 g/mol. The monoisotopic (exact) mass is 994 g/mol. The number of carbonyl (C=O) groups is 3. The van der Waals surface area contributed by atoms with E-state index in [4.69, 9.17) is 10.5 Å². The number of nitrogens with two attached hydrogens (primary N) is 3. The normalized spacial score (nSPS) is 20.7. The number of aromatic amines is 2. The molecule has 0 radical (unpaired) electrons. The summed E-state index contributed by atoms with van der Waals surface area (Å²) < 4.78 is 0. The number of nitrogens with one attached hydrogen (secondary N) is 3. The molecule has 1 saturated heterocycles.